The molecule has 0 amide bonds. The highest BCUT2D eigenvalue weighted by atomic mass is 16.5. The van der Waals surface area contributed by atoms with E-state index in [0.717, 1.165) is 6.42 Å². The second kappa shape index (κ2) is 10.2. The molecule has 0 aliphatic heterocycles. The van der Waals surface area contributed by atoms with Crippen molar-refractivity contribution in [3.05, 3.63) is 48.0 Å². The molecule has 0 saturated heterocycles. The summed E-state index contributed by atoms with van der Waals surface area (Å²) in [7, 11) is 3.05. The van der Waals surface area contributed by atoms with Crippen molar-refractivity contribution in [3.8, 4) is 0 Å². The summed E-state index contributed by atoms with van der Waals surface area (Å²) in [6.07, 6.45) is 11.6. The van der Waals surface area contributed by atoms with Crippen LogP contribution in [0.25, 0.3) is 0 Å². The number of carbonyl (C=O) groups is 2. The Morgan fingerprint density at radius 3 is 2.56 bits per heavy atom. The molecule has 0 aromatic heterocycles. The summed E-state index contributed by atoms with van der Waals surface area (Å²) in [6.45, 7) is 0. The predicted molar refractivity (Wildman–Crippen MR) is 101 cm³/mol. The van der Waals surface area contributed by atoms with Crippen molar-refractivity contribution in [2.45, 2.75) is 44.3 Å². The predicted octanol–water partition coefficient (Wildman–Crippen LogP) is 2.80. The average molecular weight is 376 g/mol. The summed E-state index contributed by atoms with van der Waals surface area (Å²) in [5.41, 5.74) is 0. The molecule has 2 N–H and O–H groups in total. The number of carbonyl (C=O) groups excluding carboxylic acids is 2. The van der Waals surface area contributed by atoms with E-state index in [2.05, 4.69) is 0 Å². The van der Waals surface area contributed by atoms with E-state index in [1.54, 1.807) is 25.3 Å². The minimum Gasteiger partial charge on any atom is -0.504 e. The van der Waals surface area contributed by atoms with E-state index in [-0.39, 0.29) is 41.7 Å². The van der Waals surface area contributed by atoms with Gasteiger partial charge in [-0.15, -0.1) is 0 Å². The molecular formula is C21H28O6. The molecule has 1 fully saturated rings. The molecule has 0 radical (unpaired) electrons. The minimum atomic E-state index is -0.453. The molecule has 6 nitrogen and oxygen atoms in total. The molecular weight excluding hydrogens is 348 g/mol. The Morgan fingerprint density at radius 1 is 1.19 bits per heavy atom. The van der Waals surface area contributed by atoms with Crippen LogP contribution in [0.1, 0.15) is 32.1 Å². The molecule has 0 heterocycles. The fourth-order valence-corrected chi connectivity index (χ4v) is 3.34. The SMILES string of the molecule is COC1=CC(/C=C/C(=O)CC(=O)/C=C/C2CCC(O)C(OC)C2)CC=C1O. The first-order chi connectivity index (χ1) is 12.9. The van der Waals surface area contributed by atoms with Crippen molar-refractivity contribution < 1.29 is 29.3 Å². The number of aliphatic hydroxyl groups excluding tert-OH is 2. The Kier molecular flexibility index (Phi) is 8.00. The highest BCUT2D eigenvalue weighted by Gasteiger charge is 2.27. The number of allylic oxidation sites excluding steroid dienone is 6. The molecule has 0 aromatic carbocycles. The molecule has 2 aliphatic carbocycles. The van der Waals surface area contributed by atoms with Gasteiger partial charge in [-0.3, -0.25) is 9.59 Å². The smallest absolute Gasteiger partial charge is 0.163 e. The van der Waals surface area contributed by atoms with Gasteiger partial charge in [0, 0.05) is 13.0 Å². The second-order valence-electron chi connectivity index (χ2n) is 6.97. The van der Waals surface area contributed by atoms with Gasteiger partial charge in [0.2, 0.25) is 0 Å². The number of rotatable bonds is 8. The van der Waals surface area contributed by atoms with Crippen LogP contribution in [0, 0.1) is 11.8 Å². The van der Waals surface area contributed by atoms with Gasteiger partial charge in [-0.05, 0) is 55.9 Å². The molecule has 4 atom stereocenters. The largest absolute Gasteiger partial charge is 0.504 e. The van der Waals surface area contributed by atoms with Gasteiger partial charge in [-0.2, -0.15) is 0 Å². The van der Waals surface area contributed by atoms with Crippen molar-refractivity contribution >= 4 is 11.6 Å². The third-order valence-corrected chi connectivity index (χ3v) is 4.95. The van der Waals surface area contributed by atoms with Gasteiger partial charge in [0.1, 0.15) is 0 Å². The topological polar surface area (TPSA) is 93.1 Å². The zero-order chi connectivity index (χ0) is 19.8. The van der Waals surface area contributed by atoms with Gasteiger partial charge in [-0.1, -0.05) is 12.2 Å². The molecule has 0 bridgehead atoms. The van der Waals surface area contributed by atoms with Gasteiger partial charge >= 0.3 is 0 Å². The van der Waals surface area contributed by atoms with E-state index < -0.39 is 6.10 Å². The lowest BCUT2D eigenvalue weighted by atomic mass is 9.85. The summed E-state index contributed by atoms with van der Waals surface area (Å²) in [5.74, 6) is 0.107. The first kappa shape index (κ1) is 21.1. The van der Waals surface area contributed by atoms with Crippen LogP contribution >= 0.6 is 0 Å². The molecule has 0 spiro atoms. The number of hydrogen-bond donors (Lipinski definition) is 2. The number of aliphatic hydroxyl groups is 2. The molecule has 1 saturated carbocycles. The van der Waals surface area contributed by atoms with Crippen molar-refractivity contribution in [2.24, 2.45) is 11.8 Å². The summed E-state index contributed by atoms with van der Waals surface area (Å²) < 4.78 is 10.3. The molecule has 2 aliphatic rings. The summed E-state index contributed by atoms with van der Waals surface area (Å²) >= 11 is 0. The van der Waals surface area contributed by atoms with Gasteiger partial charge in [0.15, 0.2) is 23.1 Å². The van der Waals surface area contributed by atoms with Crippen LogP contribution in [0.2, 0.25) is 0 Å². The Hall–Kier alpha value is -2.18. The van der Waals surface area contributed by atoms with Gasteiger partial charge in [0.25, 0.3) is 0 Å². The maximum Gasteiger partial charge on any atom is 0.163 e. The summed E-state index contributed by atoms with van der Waals surface area (Å²) in [4.78, 5) is 24.0. The first-order valence-corrected chi connectivity index (χ1v) is 9.21. The van der Waals surface area contributed by atoms with Gasteiger partial charge in [0.05, 0.1) is 25.7 Å². The van der Waals surface area contributed by atoms with Gasteiger partial charge in [-0.25, -0.2) is 0 Å². The zero-order valence-corrected chi connectivity index (χ0v) is 15.8. The summed E-state index contributed by atoms with van der Waals surface area (Å²) in [6, 6.07) is 0. The van der Waals surface area contributed by atoms with E-state index in [0.29, 0.717) is 25.0 Å². The number of ketones is 2. The molecule has 27 heavy (non-hydrogen) atoms. The van der Waals surface area contributed by atoms with Gasteiger partial charge < -0.3 is 19.7 Å². The lowest BCUT2D eigenvalue weighted by molar-refractivity contribution is -0.122. The van der Waals surface area contributed by atoms with E-state index in [4.69, 9.17) is 9.47 Å². The monoisotopic (exact) mass is 376 g/mol. The van der Waals surface area contributed by atoms with Crippen molar-refractivity contribution in [1.29, 1.82) is 0 Å². The normalized spacial score (nSPS) is 28.9. The third-order valence-electron chi connectivity index (χ3n) is 4.95. The molecule has 0 aromatic rings. The van der Waals surface area contributed by atoms with Crippen molar-refractivity contribution in [3.63, 3.8) is 0 Å². The van der Waals surface area contributed by atoms with Crippen LogP contribution in [0.3, 0.4) is 0 Å². The van der Waals surface area contributed by atoms with Crippen LogP contribution in [0.5, 0.6) is 0 Å². The quantitative estimate of drug-likeness (QED) is 0.500. The Labute approximate surface area is 159 Å². The Morgan fingerprint density at radius 2 is 1.89 bits per heavy atom. The average Bonchev–Trinajstić information content (AvgIpc) is 2.66. The second-order valence-corrected chi connectivity index (χ2v) is 6.97. The third kappa shape index (κ3) is 6.48. The molecule has 2 rings (SSSR count). The minimum absolute atomic E-state index is 0.0508. The summed E-state index contributed by atoms with van der Waals surface area (Å²) in [5, 5.41) is 19.4. The van der Waals surface area contributed by atoms with Crippen LogP contribution < -0.4 is 0 Å². The number of methoxy groups -OCH3 is 2. The Bertz CT molecular complexity index is 658. The Balaban J connectivity index is 1.80. The maximum absolute atomic E-state index is 12.0. The maximum atomic E-state index is 12.0. The van der Waals surface area contributed by atoms with E-state index >= 15 is 0 Å². The number of hydrogen-bond acceptors (Lipinski definition) is 6. The van der Waals surface area contributed by atoms with E-state index in [1.807, 2.05) is 6.08 Å². The lowest BCUT2D eigenvalue weighted by Crippen LogP contribution is -2.34. The van der Waals surface area contributed by atoms with Crippen LogP contribution in [0.4, 0.5) is 0 Å². The van der Waals surface area contributed by atoms with Crippen molar-refractivity contribution in [1.82, 2.24) is 0 Å². The fourth-order valence-electron chi connectivity index (χ4n) is 3.34. The van der Waals surface area contributed by atoms with Crippen LogP contribution in [-0.2, 0) is 19.1 Å². The standard InChI is InChI=1S/C21H28O6/c1-26-20-11-14(5-9-18(20)24)3-7-16(22)13-17(23)8-4-15-6-10-19(25)21(12-15)27-2/h3-4,7-9,11,14-15,19,21,24-25H,5-6,10,12-13H2,1-2H3/b7-3+,8-4+. The highest BCUT2D eigenvalue weighted by molar-refractivity contribution is 6.08. The molecule has 148 valence electrons. The molecule has 4 unspecified atom stereocenters. The van der Waals surface area contributed by atoms with E-state index in [1.165, 1.54) is 19.3 Å². The van der Waals surface area contributed by atoms with Crippen LogP contribution in [-0.4, -0.2) is 48.2 Å². The zero-order valence-electron chi connectivity index (χ0n) is 15.8. The van der Waals surface area contributed by atoms with E-state index in [9.17, 15) is 19.8 Å². The highest BCUT2D eigenvalue weighted by Crippen LogP contribution is 2.27. The fraction of sp³-hybridized carbons (Fsp3) is 0.524. The first-order valence-electron chi connectivity index (χ1n) is 9.21. The van der Waals surface area contributed by atoms with Crippen LogP contribution in [0.15, 0.2) is 48.0 Å². The lowest BCUT2D eigenvalue weighted by Gasteiger charge is -2.30. The van der Waals surface area contributed by atoms with Crippen molar-refractivity contribution in [2.75, 3.05) is 14.2 Å². The molecule has 6 heteroatoms. The number of ether oxygens (including phenoxy) is 2.